The molecule has 0 saturated carbocycles. The van der Waals surface area contributed by atoms with Gasteiger partial charge in [-0.15, -0.1) is 0 Å². The molecule has 0 saturated heterocycles. The zero-order valence-electron chi connectivity index (χ0n) is 13.9. The van der Waals surface area contributed by atoms with E-state index in [2.05, 4.69) is 4.98 Å². The van der Waals surface area contributed by atoms with Gasteiger partial charge in [0, 0.05) is 31.1 Å². The summed E-state index contributed by atoms with van der Waals surface area (Å²) in [6.45, 7) is 5.09. The van der Waals surface area contributed by atoms with Crippen LogP contribution in [0.15, 0.2) is 24.4 Å². The molecule has 1 unspecified atom stereocenters. The Kier molecular flexibility index (Phi) is 5.81. The summed E-state index contributed by atoms with van der Waals surface area (Å²) in [5.74, 6) is -0.554. The van der Waals surface area contributed by atoms with Gasteiger partial charge in [0.25, 0.3) is 5.91 Å². The lowest BCUT2D eigenvalue weighted by atomic mass is 10.1. The number of carboxylic acids is 1. The summed E-state index contributed by atoms with van der Waals surface area (Å²) in [7, 11) is 0. The zero-order valence-corrected chi connectivity index (χ0v) is 13.9. The Bertz CT molecular complexity index is 722. The van der Waals surface area contributed by atoms with Crippen LogP contribution in [0.2, 0.25) is 0 Å². The minimum Gasteiger partial charge on any atom is -0.482 e. The Balaban J connectivity index is 2.16. The standard InChI is InChI=1S/C17H23N3O4/c1-3-20(4-2)15(21)10-24-14-7-5-6-12-11(9-19-16(12)14)8-13(18)17(22)23/h5-7,9,13,19H,3-4,8,10,18H2,1-2H3,(H,22,23). The van der Waals surface area contributed by atoms with Crippen LogP contribution in [-0.4, -0.2) is 52.6 Å². The van der Waals surface area contributed by atoms with Crippen molar-refractivity contribution in [1.82, 2.24) is 9.88 Å². The van der Waals surface area contributed by atoms with Crippen molar-refractivity contribution in [2.45, 2.75) is 26.3 Å². The molecule has 24 heavy (non-hydrogen) atoms. The van der Waals surface area contributed by atoms with E-state index in [-0.39, 0.29) is 18.9 Å². The van der Waals surface area contributed by atoms with Crippen molar-refractivity contribution in [3.05, 3.63) is 30.0 Å². The third-order valence-corrected chi connectivity index (χ3v) is 3.99. The zero-order chi connectivity index (χ0) is 17.7. The van der Waals surface area contributed by atoms with E-state index in [9.17, 15) is 9.59 Å². The minimum absolute atomic E-state index is 0.0379. The Morgan fingerprint density at radius 1 is 1.33 bits per heavy atom. The first kappa shape index (κ1) is 17.8. The first-order valence-electron chi connectivity index (χ1n) is 7.95. The van der Waals surface area contributed by atoms with Gasteiger partial charge in [-0.3, -0.25) is 9.59 Å². The molecule has 0 aliphatic heterocycles. The summed E-state index contributed by atoms with van der Waals surface area (Å²) < 4.78 is 5.66. The van der Waals surface area contributed by atoms with Crippen LogP contribution in [0.5, 0.6) is 5.75 Å². The Morgan fingerprint density at radius 2 is 2.04 bits per heavy atom. The number of carbonyl (C=O) groups excluding carboxylic acids is 1. The number of nitrogens with two attached hydrogens (primary N) is 1. The molecule has 7 heteroatoms. The van der Waals surface area contributed by atoms with Gasteiger partial charge in [-0.1, -0.05) is 12.1 Å². The predicted octanol–water partition coefficient (Wildman–Crippen LogP) is 1.37. The molecular formula is C17H23N3O4. The maximum atomic E-state index is 12.0. The molecule has 1 atom stereocenters. The average Bonchev–Trinajstić information content (AvgIpc) is 2.97. The number of carboxylic acid groups (broad SMARTS) is 1. The van der Waals surface area contributed by atoms with Gasteiger partial charge < -0.3 is 25.5 Å². The molecule has 0 fully saturated rings. The molecule has 7 nitrogen and oxygen atoms in total. The largest absolute Gasteiger partial charge is 0.482 e. The molecule has 0 bridgehead atoms. The quantitative estimate of drug-likeness (QED) is 0.676. The van der Waals surface area contributed by atoms with Crippen molar-refractivity contribution >= 4 is 22.8 Å². The lowest BCUT2D eigenvalue weighted by Gasteiger charge is -2.18. The average molecular weight is 333 g/mol. The van der Waals surface area contributed by atoms with Crippen molar-refractivity contribution in [2.75, 3.05) is 19.7 Å². The second-order valence-corrected chi connectivity index (χ2v) is 5.50. The number of fused-ring (bicyclic) bond motifs is 1. The van der Waals surface area contributed by atoms with Gasteiger partial charge in [0.1, 0.15) is 11.8 Å². The summed E-state index contributed by atoms with van der Waals surface area (Å²) in [6.07, 6.45) is 1.95. The fraction of sp³-hybridized carbons (Fsp3) is 0.412. The number of hydrogen-bond donors (Lipinski definition) is 3. The van der Waals surface area contributed by atoms with Gasteiger partial charge in [0.15, 0.2) is 6.61 Å². The van der Waals surface area contributed by atoms with Gasteiger partial charge in [0.05, 0.1) is 5.52 Å². The molecule has 0 spiro atoms. The Hall–Kier alpha value is -2.54. The highest BCUT2D eigenvalue weighted by atomic mass is 16.5. The normalized spacial score (nSPS) is 12.1. The number of aliphatic carboxylic acids is 1. The van der Waals surface area contributed by atoms with E-state index in [0.29, 0.717) is 18.8 Å². The number of ether oxygens (including phenoxy) is 1. The molecule has 130 valence electrons. The molecule has 0 aliphatic carbocycles. The molecule has 2 aromatic rings. The molecule has 0 aliphatic rings. The van der Waals surface area contributed by atoms with E-state index in [4.69, 9.17) is 15.6 Å². The molecule has 0 radical (unpaired) electrons. The van der Waals surface area contributed by atoms with Crippen molar-refractivity contribution in [2.24, 2.45) is 5.73 Å². The second kappa shape index (κ2) is 7.83. The third kappa shape index (κ3) is 3.86. The number of carbonyl (C=O) groups is 2. The van der Waals surface area contributed by atoms with E-state index >= 15 is 0 Å². The number of amides is 1. The van der Waals surface area contributed by atoms with E-state index in [1.807, 2.05) is 26.0 Å². The topological polar surface area (TPSA) is 109 Å². The van der Waals surface area contributed by atoms with Crippen molar-refractivity contribution < 1.29 is 19.4 Å². The summed E-state index contributed by atoms with van der Waals surface area (Å²) in [5, 5.41) is 9.80. The highest BCUT2D eigenvalue weighted by Crippen LogP contribution is 2.28. The molecule has 1 aromatic heterocycles. The molecular weight excluding hydrogens is 310 g/mol. The van der Waals surface area contributed by atoms with Gasteiger partial charge in [-0.2, -0.15) is 0 Å². The lowest BCUT2D eigenvalue weighted by molar-refractivity contribution is -0.138. The fourth-order valence-corrected chi connectivity index (χ4v) is 2.61. The highest BCUT2D eigenvalue weighted by molar-refractivity contribution is 5.89. The van der Waals surface area contributed by atoms with Crippen molar-refractivity contribution in [1.29, 1.82) is 0 Å². The van der Waals surface area contributed by atoms with Crippen molar-refractivity contribution in [3.8, 4) is 5.75 Å². The van der Waals surface area contributed by atoms with Gasteiger partial charge in [-0.25, -0.2) is 0 Å². The minimum atomic E-state index is -1.04. The summed E-state index contributed by atoms with van der Waals surface area (Å²) >= 11 is 0. The van der Waals surface area contributed by atoms with Crippen LogP contribution in [0.3, 0.4) is 0 Å². The monoisotopic (exact) mass is 333 g/mol. The van der Waals surface area contributed by atoms with Crippen LogP contribution in [0.4, 0.5) is 0 Å². The number of nitrogens with zero attached hydrogens (tertiary/aromatic N) is 1. The number of para-hydroxylation sites is 1. The fourth-order valence-electron chi connectivity index (χ4n) is 2.61. The number of aromatic amines is 1. The molecule has 1 heterocycles. The highest BCUT2D eigenvalue weighted by Gasteiger charge is 2.17. The van der Waals surface area contributed by atoms with E-state index in [1.54, 1.807) is 17.2 Å². The van der Waals surface area contributed by atoms with Crippen LogP contribution < -0.4 is 10.5 Å². The van der Waals surface area contributed by atoms with Gasteiger partial charge in [-0.05, 0) is 25.5 Å². The van der Waals surface area contributed by atoms with Crippen LogP contribution in [-0.2, 0) is 16.0 Å². The molecule has 1 aromatic carbocycles. The number of likely N-dealkylation sites (N-methyl/N-ethyl adjacent to an activating group) is 1. The maximum Gasteiger partial charge on any atom is 0.320 e. The molecule has 2 rings (SSSR count). The molecule has 1 amide bonds. The summed E-state index contributed by atoms with van der Waals surface area (Å²) in [4.78, 5) is 27.8. The number of rotatable bonds is 8. The van der Waals surface area contributed by atoms with E-state index < -0.39 is 12.0 Å². The first-order valence-corrected chi connectivity index (χ1v) is 7.95. The summed E-state index contributed by atoms with van der Waals surface area (Å²) in [6, 6.07) is 4.49. The lowest BCUT2D eigenvalue weighted by Crippen LogP contribution is -2.34. The number of benzene rings is 1. The Morgan fingerprint density at radius 3 is 2.67 bits per heavy atom. The predicted molar refractivity (Wildman–Crippen MR) is 91.0 cm³/mol. The van der Waals surface area contributed by atoms with Crippen molar-refractivity contribution in [3.63, 3.8) is 0 Å². The van der Waals surface area contributed by atoms with Crippen LogP contribution in [0.1, 0.15) is 19.4 Å². The van der Waals surface area contributed by atoms with E-state index in [1.165, 1.54) is 0 Å². The van der Waals surface area contributed by atoms with Crippen LogP contribution >= 0.6 is 0 Å². The van der Waals surface area contributed by atoms with Gasteiger partial charge >= 0.3 is 5.97 Å². The third-order valence-electron chi connectivity index (χ3n) is 3.99. The number of aromatic nitrogens is 1. The van der Waals surface area contributed by atoms with Crippen LogP contribution in [0, 0.1) is 0 Å². The number of hydrogen-bond acceptors (Lipinski definition) is 4. The smallest absolute Gasteiger partial charge is 0.320 e. The summed E-state index contributed by atoms with van der Waals surface area (Å²) in [5.41, 5.74) is 7.14. The first-order chi connectivity index (χ1) is 11.5. The molecule has 4 N–H and O–H groups in total. The van der Waals surface area contributed by atoms with Crippen LogP contribution in [0.25, 0.3) is 10.9 Å². The Labute approximate surface area is 140 Å². The van der Waals surface area contributed by atoms with Gasteiger partial charge in [0.2, 0.25) is 0 Å². The number of H-pyrrole nitrogens is 1. The maximum absolute atomic E-state index is 12.0. The SMILES string of the molecule is CCN(CC)C(=O)COc1cccc2c(CC(N)C(=O)O)c[nH]c12. The van der Waals surface area contributed by atoms with E-state index in [0.717, 1.165) is 16.5 Å². The number of nitrogens with one attached hydrogen (secondary N) is 1. The second-order valence-electron chi connectivity index (χ2n) is 5.50.